The Balaban J connectivity index is 2.18. The van der Waals surface area contributed by atoms with Crippen LogP contribution in [0.3, 0.4) is 0 Å². The van der Waals surface area contributed by atoms with Gasteiger partial charge in [-0.25, -0.2) is 4.98 Å². The number of hydrogen-bond donors (Lipinski definition) is 2. The van der Waals surface area contributed by atoms with Crippen LogP contribution in [0, 0.1) is 15.9 Å². The van der Waals surface area contributed by atoms with E-state index in [2.05, 4.69) is 10.3 Å². The molecule has 0 bridgehead atoms. The summed E-state index contributed by atoms with van der Waals surface area (Å²) in [6.45, 7) is 0. The minimum Gasteiger partial charge on any atom is -0.397 e. The van der Waals surface area contributed by atoms with Crippen molar-refractivity contribution < 1.29 is 14.1 Å². The standard InChI is InChI=1S/C12H9FN4O3/c13-9-5-8(2-4-11(9)17(19)20)16-12(18)10-3-1-7(14)6-15-10/h1-6H,14H2,(H,16,18). The van der Waals surface area contributed by atoms with Gasteiger partial charge in [0, 0.05) is 17.8 Å². The topological polar surface area (TPSA) is 111 Å². The molecule has 0 aliphatic carbocycles. The van der Waals surface area contributed by atoms with Gasteiger partial charge < -0.3 is 11.1 Å². The highest BCUT2D eigenvalue weighted by molar-refractivity contribution is 6.02. The molecule has 1 aromatic carbocycles. The molecule has 0 aliphatic heterocycles. The predicted octanol–water partition coefficient (Wildman–Crippen LogP) is 1.96. The molecule has 0 spiro atoms. The van der Waals surface area contributed by atoms with Crippen molar-refractivity contribution in [3.05, 3.63) is 58.2 Å². The summed E-state index contributed by atoms with van der Waals surface area (Å²) in [5.74, 6) is -1.60. The van der Waals surface area contributed by atoms with E-state index >= 15 is 0 Å². The second-order valence-corrected chi connectivity index (χ2v) is 3.85. The molecular weight excluding hydrogens is 267 g/mol. The number of carbonyl (C=O) groups is 1. The first-order valence-corrected chi connectivity index (χ1v) is 5.44. The number of nitrogens with one attached hydrogen (secondary N) is 1. The largest absolute Gasteiger partial charge is 0.397 e. The minimum absolute atomic E-state index is 0.0942. The van der Waals surface area contributed by atoms with Gasteiger partial charge in [0.15, 0.2) is 0 Å². The summed E-state index contributed by atoms with van der Waals surface area (Å²) in [4.78, 5) is 25.2. The fraction of sp³-hybridized carbons (Fsp3) is 0. The second kappa shape index (κ2) is 5.31. The molecule has 2 rings (SSSR count). The highest BCUT2D eigenvalue weighted by atomic mass is 19.1. The summed E-state index contributed by atoms with van der Waals surface area (Å²) in [5.41, 5.74) is 5.37. The van der Waals surface area contributed by atoms with Gasteiger partial charge in [-0.3, -0.25) is 14.9 Å². The van der Waals surface area contributed by atoms with Crippen LogP contribution in [0.5, 0.6) is 0 Å². The second-order valence-electron chi connectivity index (χ2n) is 3.85. The molecule has 0 radical (unpaired) electrons. The first kappa shape index (κ1) is 13.4. The fourth-order valence-corrected chi connectivity index (χ4v) is 1.47. The van der Waals surface area contributed by atoms with Crippen molar-refractivity contribution in [1.29, 1.82) is 0 Å². The van der Waals surface area contributed by atoms with Crippen molar-refractivity contribution in [3.63, 3.8) is 0 Å². The number of amides is 1. The third-order valence-electron chi connectivity index (χ3n) is 2.42. The van der Waals surface area contributed by atoms with Gasteiger partial charge in [-0.1, -0.05) is 0 Å². The van der Waals surface area contributed by atoms with Gasteiger partial charge in [-0.05, 0) is 18.2 Å². The number of rotatable bonds is 3. The van der Waals surface area contributed by atoms with Crippen molar-refractivity contribution >= 4 is 23.0 Å². The molecule has 0 fully saturated rings. The van der Waals surface area contributed by atoms with Crippen LogP contribution < -0.4 is 11.1 Å². The number of anilines is 2. The van der Waals surface area contributed by atoms with Crippen LogP contribution in [0.1, 0.15) is 10.5 Å². The van der Waals surface area contributed by atoms with Gasteiger partial charge in [0.05, 0.1) is 16.8 Å². The van der Waals surface area contributed by atoms with Gasteiger partial charge in [0.1, 0.15) is 5.69 Å². The lowest BCUT2D eigenvalue weighted by Crippen LogP contribution is -2.13. The van der Waals surface area contributed by atoms with E-state index in [9.17, 15) is 19.3 Å². The highest BCUT2D eigenvalue weighted by Crippen LogP contribution is 2.21. The van der Waals surface area contributed by atoms with Crippen LogP contribution >= 0.6 is 0 Å². The first-order valence-electron chi connectivity index (χ1n) is 5.44. The highest BCUT2D eigenvalue weighted by Gasteiger charge is 2.15. The molecule has 8 heteroatoms. The van der Waals surface area contributed by atoms with Crippen LogP contribution in [-0.2, 0) is 0 Å². The molecule has 1 heterocycles. The molecule has 7 nitrogen and oxygen atoms in total. The van der Waals surface area contributed by atoms with Gasteiger partial charge in [-0.2, -0.15) is 4.39 Å². The van der Waals surface area contributed by atoms with Crippen LogP contribution in [-0.4, -0.2) is 15.8 Å². The number of benzene rings is 1. The molecule has 0 unspecified atom stereocenters. The Bertz CT molecular complexity index is 673. The molecule has 2 aromatic rings. The Morgan fingerprint density at radius 3 is 2.65 bits per heavy atom. The smallest absolute Gasteiger partial charge is 0.304 e. The Morgan fingerprint density at radius 1 is 1.35 bits per heavy atom. The Kier molecular flexibility index (Phi) is 3.56. The number of nitrogen functional groups attached to an aromatic ring is 1. The molecule has 102 valence electrons. The normalized spacial score (nSPS) is 10.1. The summed E-state index contributed by atoms with van der Waals surface area (Å²) in [6.07, 6.45) is 1.31. The van der Waals surface area contributed by atoms with Gasteiger partial charge >= 0.3 is 5.69 Å². The molecule has 3 N–H and O–H groups in total. The van der Waals surface area contributed by atoms with Gasteiger partial charge in [-0.15, -0.1) is 0 Å². The number of nitro benzene ring substituents is 1. The zero-order valence-electron chi connectivity index (χ0n) is 10.0. The summed E-state index contributed by atoms with van der Waals surface area (Å²) in [7, 11) is 0. The molecule has 0 atom stereocenters. The maximum absolute atomic E-state index is 13.4. The van der Waals surface area contributed by atoms with E-state index in [1.54, 1.807) is 0 Å². The average Bonchev–Trinajstić information content (AvgIpc) is 2.39. The lowest BCUT2D eigenvalue weighted by molar-refractivity contribution is -0.387. The molecule has 0 aliphatic rings. The van der Waals surface area contributed by atoms with Gasteiger partial charge in [0.2, 0.25) is 5.82 Å². The van der Waals surface area contributed by atoms with E-state index in [0.29, 0.717) is 5.69 Å². The van der Waals surface area contributed by atoms with Crippen LogP contribution in [0.2, 0.25) is 0 Å². The summed E-state index contributed by atoms with van der Waals surface area (Å²) in [6, 6.07) is 5.98. The lowest BCUT2D eigenvalue weighted by atomic mass is 10.2. The van der Waals surface area contributed by atoms with E-state index < -0.39 is 22.3 Å². The van der Waals surface area contributed by atoms with Crippen LogP contribution in [0.25, 0.3) is 0 Å². The van der Waals surface area contributed by atoms with Crippen molar-refractivity contribution in [2.24, 2.45) is 0 Å². The van der Waals surface area contributed by atoms with Crippen molar-refractivity contribution in [3.8, 4) is 0 Å². The lowest BCUT2D eigenvalue weighted by Gasteiger charge is -2.05. The molecule has 20 heavy (non-hydrogen) atoms. The number of nitrogens with two attached hydrogens (primary N) is 1. The SMILES string of the molecule is Nc1ccc(C(=O)Nc2ccc([N+](=O)[O-])c(F)c2)nc1. The average molecular weight is 276 g/mol. The third-order valence-corrected chi connectivity index (χ3v) is 2.42. The van der Waals surface area contributed by atoms with E-state index in [4.69, 9.17) is 5.73 Å². The van der Waals surface area contributed by atoms with E-state index in [-0.39, 0.29) is 11.4 Å². The van der Waals surface area contributed by atoms with Gasteiger partial charge in [0.25, 0.3) is 5.91 Å². The number of hydrogen-bond acceptors (Lipinski definition) is 5. The number of pyridine rings is 1. The van der Waals surface area contributed by atoms with Crippen molar-refractivity contribution in [2.45, 2.75) is 0 Å². The van der Waals surface area contributed by atoms with E-state index in [1.165, 1.54) is 24.4 Å². The quantitative estimate of drug-likeness (QED) is 0.657. The molecule has 1 aromatic heterocycles. The van der Waals surface area contributed by atoms with E-state index in [1.807, 2.05) is 0 Å². The van der Waals surface area contributed by atoms with Crippen LogP contribution in [0.15, 0.2) is 36.5 Å². The maximum Gasteiger partial charge on any atom is 0.304 e. The van der Waals surface area contributed by atoms with E-state index in [0.717, 1.165) is 12.1 Å². The zero-order chi connectivity index (χ0) is 14.7. The monoisotopic (exact) mass is 276 g/mol. The summed E-state index contributed by atoms with van der Waals surface area (Å²) >= 11 is 0. The summed E-state index contributed by atoms with van der Waals surface area (Å²) < 4.78 is 13.4. The number of aromatic nitrogens is 1. The molecular formula is C12H9FN4O3. The number of nitro groups is 1. The Morgan fingerprint density at radius 2 is 2.10 bits per heavy atom. The van der Waals surface area contributed by atoms with Crippen molar-refractivity contribution in [1.82, 2.24) is 4.98 Å². The predicted molar refractivity (Wildman–Crippen MR) is 69.7 cm³/mol. The first-order chi connectivity index (χ1) is 9.47. The Hall–Kier alpha value is -3.03. The zero-order valence-corrected chi connectivity index (χ0v) is 10.0. The number of halogens is 1. The summed E-state index contributed by atoms with van der Waals surface area (Å²) in [5, 5.41) is 12.8. The van der Waals surface area contributed by atoms with Crippen molar-refractivity contribution in [2.75, 3.05) is 11.1 Å². The fourth-order valence-electron chi connectivity index (χ4n) is 1.47. The third kappa shape index (κ3) is 2.86. The molecule has 0 saturated carbocycles. The maximum atomic E-state index is 13.4. The van der Waals surface area contributed by atoms with Crippen LogP contribution in [0.4, 0.5) is 21.5 Å². The Labute approximate surface area is 112 Å². The minimum atomic E-state index is -1.03. The number of nitrogens with zero attached hydrogens (tertiary/aromatic N) is 2. The molecule has 1 amide bonds. The number of carbonyl (C=O) groups excluding carboxylic acids is 1. The molecule has 0 saturated heterocycles.